The van der Waals surface area contributed by atoms with Crippen molar-refractivity contribution in [3.63, 3.8) is 0 Å². The largest absolute Gasteiger partial charge is 0.505 e. The lowest BCUT2D eigenvalue weighted by molar-refractivity contribution is -0.132. The van der Waals surface area contributed by atoms with Crippen molar-refractivity contribution >= 4 is 57.3 Å². The van der Waals surface area contributed by atoms with E-state index in [2.05, 4.69) is 15.2 Å². The first-order valence-corrected chi connectivity index (χ1v) is 14.7. The molecule has 1 N–H and O–H groups in total. The summed E-state index contributed by atoms with van der Waals surface area (Å²) in [6, 6.07) is 16.8. The van der Waals surface area contributed by atoms with Crippen LogP contribution in [0.25, 0.3) is 11.4 Å². The molecule has 0 spiro atoms. The molecular weight excluding hydrogens is 593 g/mol. The molecule has 5 aromatic rings. The summed E-state index contributed by atoms with van der Waals surface area (Å²) in [4.78, 5) is 45.0. The van der Waals surface area contributed by atoms with Gasteiger partial charge in [-0.05, 0) is 48.4 Å². The number of halogens is 1. The van der Waals surface area contributed by atoms with Crippen molar-refractivity contribution in [2.75, 3.05) is 12.0 Å². The normalized spacial score (nSPS) is 16.3. The molecule has 4 heterocycles. The van der Waals surface area contributed by atoms with E-state index in [4.69, 9.17) is 4.74 Å². The number of anilines is 1. The number of pyridine rings is 1. The summed E-state index contributed by atoms with van der Waals surface area (Å²) in [7, 11) is 1.26. The molecule has 1 aliphatic heterocycles. The van der Waals surface area contributed by atoms with E-state index < -0.39 is 29.5 Å². The summed E-state index contributed by atoms with van der Waals surface area (Å²) in [5.41, 5.74) is 2.30. The molecule has 1 amide bonds. The minimum atomic E-state index is -1.10. The van der Waals surface area contributed by atoms with Crippen molar-refractivity contribution in [3.8, 4) is 0 Å². The number of ketones is 1. The highest BCUT2D eigenvalue weighted by molar-refractivity contribution is 8.00. The molecule has 0 bridgehead atoms. The van der Waals surface area contributed by atoms with Crippen molar-refractivity contribution in [2.24, 2.45) is 0 Å². The number of carbonyl (C=O) groups excluding carboxylic acids is 3. The molecule has 2 aromatic carbocycles. The lowest BCUT2D eigenvalue weighted by Gasteiger charge is -2.22. The first-order valence-electron chi connectivity index (χ1n) is 12.9. The highest BCUT2D eigenvalue weighted by Crippen LogP contribution is 2.44. The number of methoxy groups -OCH3 is 1. The monoisotopic (exact) mass is 615 g/mol. The number of fused-ring (bicyclic) bond motifs is 1. The Morgan fingerprint density at radius 2 is 1.81 bits per heavy atom. The van der Waals surface area contributed by atoms with Crippen LogP contribution < -0.4 is 4.90 Å². The zero-order valence-corrected chi connectivity index (χ0v) is 24.4. The number of ether oxygens (including phenoxy) is 1. The van der Waals surface area contributed by atoms with Crippen molar-refractivity contribution in [2.45, 2.75) is 23.1 Å². The zero-order valence-electron chi connectivity index (χ0n) is 22.7. The van der Waals surface area contributed by atoms with Gasteiger partial charge in [-0.1, -0.05) is 59.5 Å². The number of rotatable bonds is 7. The van der Waals surface area contributed by atoms with Crippen molar-refractivity contribution < 1.29 is 28.6 Å². The first-order chi connectivity index (χ1) is 20.8. The SMILES string of the molecule is COC(=O)c1ccc(C2/C(=C(\O)c3c(C)nc4ccccn34)C(=O)C(=O)N2c2nnc(SCc3ccccc3F)s2)cc1. The van der Waals surface area contributed by atoms with Crippen molar-refractivity contribution in [1.29, 1.82) is 0 Å². The Kier molecular flexibility index (Phi) is 7.50. The third kappa shape index (κ3) is 5.06. The summed E-state index contributed by atoms with van der Waals surface area (Å²) < 4.78 is 21.0. The summed E-state index contributed by atoms with van der Waals surface area (Å²) in [6.07, 6.45) is 1.70. The molecule has 43 heavy (non-hydrogen) atoms. The molecule has 13 heteroatoms. The van der Waals surface area contributed by atoms with Gasteiger partial charge in [-0.2, -0.15) is 0 Å². The maximum Gasteiger partial charge on any atom is 0.337 e. The van der Waals surface area contributed by atoms with Gasteiger partial charge in [-0.25, -0.2) is 14.2 Å². The van der Waals surface area contributed by atoms with Gasteiger partial charge in [0.15, 0.2) is 10.1 Å². The molecule has 1 atom stereocenters. The zero-order chi connectivity index (χ0) is 30.2. The van der Waals surface area contributed by atoms with Crippen LogP contribution in [0.1, 0.15) is 38.9 Å². The first kappa shape index (κ1) is 28.2. The Balaban J connectivity index is 1.45. The summed E-state index contributed by atoms with van der Waals surface area (Å²) >= 11 is 2.30. The predicted octanol–water partition coefficient (Wildman–Crippen LogP) is 5.34. The average Bonchev–Trinajstić information content (AvgIpc) is 3.69. The van der Waals surface area contributed by atoms with Crippen LogP contribution in [0, 0.1) is 12.7 Å². The van der Waals surface area contributed by atoms with Gasteiger partial charge in [0.2, 0.25) is 5.13 Å². The van der Waals surface area contributed by atoms with E-state index in [9.17, 15) is 23.9 Å². The fourth-order valence-corrected chi connectivity index (χ4v) is 6.76. The third-order valence-electron chi connectivity index (χ3n) is 6.93. The summed E-state index contributed by atoms with van der Waals surface area (Å²) in [5, 5.41) is 20.1. The van der Waals surface area contributed by atoms with Crippen molar-refractivity contribution in [1.82, 2.24) is 19.6 Å². The van der Waals surface area contributed by atoms with Crippen LogP contribution >= 0.6 is 23.1 Å². The molecule has 0 aliphatic carbocycles. The molecule has 3 aromatic heterocycles. The van der Waals surface area contributed by atoms with Crippen LogP contribution in [0.15, 0.2) is 82.8 Å². The smallest absolute Gasteiger partial charge is 0.337 e. The molecule has 216 valence electrons. The molecule has 10 nitrogen and oxygen atoms in total. The quantitative estimate of drug-likeness (QED) is 0.0645. The molecule has 0 saturated carbocycles. The van der Waals surface area contributed by atoms with Gasteiger partial charge in [-0.15, -0.1) is 10.2 Å². The van der Waals surface area contributed by atoms with Gasteiger partial charge in [0.25, 0.3) is 5.78 Å². The number of aliphatic hydroxyl groups is 1. The number of aryl methyl sites for hydroxylation is 1. The molecule has 6 rings (SSSR count). The van der Waals surface area contributed by atoms with Gasteiger partial charge in [0.1, 0.15) is 17.2 Å². The molecule has 1 fully saturated rings. The Hall–Kier alpha value is -4.88. The van der Waals surface area contributed by atoms with E-state index in [1.165, 1.54) is 42.0 Å². The lowest BCUT2D eigenvalue weighted by atomic mass is 9.95. The minimum absolute atomic E-state index is 0.120. The van der Waals surface area contributed by atoms with E-state index in [1.807, 2.05) is 0 Å². The number of hydrogen-bond acceptors (Lipinski definition) is 10. The van der Waals surface area contributed by atoms with E-state index >= 15 is 0 Å². The van der Waals surface area contributed by atoms with Crippen LogP contribution in [-0.4, -0.2) is 49.5 Å². The van der Waals surface area contributed by atoms with Crippen LogP contribution in [0.2, 0.25) is 0 Å². The lowest BCUT2D eigenvalue weighted by Crippen LogP contribution is -2.29. The number of amides is 1. The Bertz CT molecular complexity index is 1930. The van der Waals surface area contributed by atoms with Crippen LogP contribution in [0.4, 0.5) is 9.52 Å². The van der Waals surface area contributed by atoms with E-state index in [0.29, 0.717) is 26.8 Å². The van der Waals surface area contributed by atoms with Gasteiger partial charge >= 0.3 is 11.9 Å². The summed E-state index contributed by atoms with van der Waals surface area (Å²) in [6.45, 7) is 1.70. The van der Waals surface area contributed by atoms with E-state index in [-0.39, 0.29) is 33.5 Å². The summed E-state index contributed by atoms with van der Waals surface area (Å²) in [5.74, 6) is -2.84. The Labute approximate surface area is 252 Å². The van der Waals surface area contributed by atoms with E-state index in [0.717, 1.165) is 11.3 Å². The van der Waals surface area contributed by atoms with Gasteiger partial charge in [0.05, 0.1) is 30.0 Å². The average molecular weight is 616 g/mol. The number of nitrogens with zero attached hydrogens (tertiary/aromatic N) is 5. The molecule has 1 unspecified atom stereocenters. The highest BCUT2D eigenvalue weighted by atomic mass is 32.2. The number of thioether (sulfide) groups is 1. The Morgan fingerprint density at radius 3 is 2.56 bits per heavy atom. The molecule has 0 radical (unpaired) electrons. The van der Waals surface area contributed by atoms with Gasteiger partial charge in [0, 0.05) is 11.9 Å². The maximum absolute atomic E-state index is 14.1. The number of carbonyl (C=O) groups is 3. The maximum atomic E-state index is 14.1. The Morgan fingerprint density at radius 1 is 1.07 bits per heavy atom. The highest BCUT2D eigenvalue weighted by Gasteiger charge is 2.49. The van der Waals surface area contributed by atoms with Crippen LogP contribution in [0.5, 0.6) is 0 Å². The number of esters is 1. The second kappa shape index (κ2) is 11.4. The topological polar surface area (TPSA) is 127 Å². The minimum Gasteiger partial charge on any atom is -0.505 e. The predicted molar refractivity (Wildman–Crippen MR) is 158 cm³/mol. The van der Waals surface area contributed by atoms with Gasteiger partial charge < -0.3 is 9.84 Å². The standard InChI is InChI=1S/C30H22FN5O5S2/c1-16-23(35-14-6-5-9-21(35)32-16)25(37)22-24(17-10-12-18(13-11-17)28(40)41-2)36(27(39)26(22)38)29-33-34-30(43-29)42-15-19-7-3-4-8-20(19)31/h3-14,24,37H,15H2,1-2H3/b25-22+. The second-order valence-electron chi connectivity index (χ2n) is 9.49. The molecule has 1 saturated heterocycles. The molecular formula is C30H22FN5O5S2. The molecule has 1 aliphatic rings. The van der Waals surface area contributed by atoms with Crippen LogP contribution in [-0.2, 0) is 20.1 Å². The van der Waals surface area contributed by atoms with Gasteiger partial charge in [-0.3, -0.25) is 18.9 Å². The number of Topliss-reactive ketones (excluding diaryl/α,β-unsaturated/α-hetero) is 1. The van der Waals surface area contributed by atoms with Crippen LogP contribution in [0.3, 0.4) is 0 Å². The third-order valence-corrected chi connectivity index (χ3v) is 9.04. The van der Waals surface area contributed by atoms with Crippen molar-refractivity contribution in [3.05, 3.63) is 112 Å². The number of aromatic nitrogens is 4. The fraction of sp³-hybridized carbons (Fsp3) is 0.133. The number of hydrogen-bond donors (Lipinski definition) is 1. The van der Waals surface area contributed by atoms with E-state index in [1.54, 1.807) is 66.1 Å². The number of benzene rings is 2. The number of aliphatic hydroxyl groups excluding tert-OH is 1. The fourth-order valence-electron chi connectivity index (χ4n) is 4.90. The number of imidazole rings is 1. The second-order valence-corrected chi connectivity index (χ2v) is 11.7.